The Hall–Kier alpha value is -0.0800. The Morgan fingerprint density at radius 2 is 1.88 bits per heavy atom. The van der Waals surface area contributed by atoms with Gasteiger partial charge in [-0.15, -0.1) is 0 Å². The molecule has 94 valence electrons. The van der Waals surface area contributed by atoms with Gasteiger partial charge in [-0.25, -0.2) is 0 Å². The van der Waals surface area contributed by atoms with Gasteiger partial charge in [0, 0.05) is 19.1 Å². The summed E-state index contributed by atoms with van der Waals surface area (Å²) in [5.41, 5.74) is -0.393. The molecule has 1 saturated heterocycles. The zero-order valence-corrected chi connectivity index (χ0v) is 11.1. The van der Waals surface area contributed by atoms with Crippen LogP contribution in [0.4, 0.5) is 0 Å². The van der Waals surface area contributed by atoms with Crippen LogP contribution in [0.3, 0.4) is 0 Å². The summed E-state index contributed by atoms with van der Waals surface area (Å²) in [5, 5.41) is 10.3. The van der Waals surface area contributed by atoms with Crippen LogP contribution in [-0.2, 0) is 0 Å². The van der Waals surface area contributed by atoms with Gasteiger partial charge in [0.05, 0.1) is 5.60 Å². The van der Waals surface area contributed by atoms with E-state index in [-0.39, 0.29) is 0 Å². The number of rotatable bonds is 3. The molecule has 1 saturated carbocycles. The summed E-state index contributed by atoms with van der Waals surface area (Å²) in [7, 11) is 0. The SMILES string of the molecule is CCC1CCCCC1N1CC(O)(C(C)C)C1. The predicted octanol–water partition coefficient (Wildman–Crippen LogP) is 2.66. The topological polar surface area (TPSA) is 23.5 Å². The van der Waals surface area contributed by atoms with E-state index in [4.69, 9.17) is 0 Å². The molecule has 2 heteroatoms. The minimum absolute atomic E-state index is 0.393. The lowest BCUT2D eigenvalue weighted by molar-refractivity contribution is -0.153. The highest BCUT2D eigenvalue weighted by Gasteiger charge is 2.47. The Morgan fingerprint density at radius 1 is 1.25 bits per heavy atom. The number of hydrogen-bond donors (Lipinski definition) is 1. The normalized spacial score (nSPS) is 35.1. The van der Waals surface area contributed by atoms with Gasteiger partial charge in [-0.2, -0.15) is 0 Å². The smallest absolute Gasteiger partial charge is 0.0923 e. The molecule has 0 spiro atoms. The zero-order chi connectivity index (χ0) is 11.8. The van der Waals surface area contributed by atoms with Crippen LogP contribution >= 0.6 is 0 Å². The number of nitrogens with zero attached hydrogens (tertiary/aromatic N) is 1. The molecule has 0 bridgehead atoms. The van der Waals surface area contributed by atoms with E-state index in [1.165, 1.54) is 32.1 Å². The van der Waals surface area contributed by atoms with Crippen LogP contribution in [0.1, 0.15) is 52.9 Å². The molecule has 2 fully saturated rings. The fourth-order valence-electron chi connectivity index (χ4n) is 3.40. The predicted molar refractivity (Wildman–Crippen MR) is 67.4 cm³/mol. The van der Waals surface area contributed by atoms with E-state index >= 15 is 0 Å². The first-order chi connectivity index (χ1) is 7.57. The quantitative estimate of drug-likeness (QED) is 0.798. The first kappa shape index (κ1) is 12.4. The number of likely N-dealkylation sites (tertiary alicyclic amines) is 1. The number of hydrogen-bond acceptors (Lipinski definition) is 2. The summed E-state index contributed by atoms with van der Waals surface area (Å²) in [6, 6.07) is 0.762. The molecule has 2 rings (SSSR count). The van der Waals surface area contributed by atoms with E-state index in [9.17, 15) is 5.11 Å². The second-order valence-electron chi connectivity index (χ2n) is 6.18. The summed E-state index contributed by atoms with van der Waals surface area (Å²) < 4.78 is 0. The van der Waals surface area contributed by atoms with Gasteiger partial charge >= 0.3 is 0 Å². The average Bonchev–Trinajstić information content (AvgIpc) is 2.24. The highest BCUT2D eigenvalue weighted by molar-refractivity contribution is 5.01. The second-order valence-corrected chi connectivity index (χ2v) is 6.18. The van der Waals surface area contributed by atoms with Crippen molar-refractivity contribution in [1.29, 1.82) is 0 Å². The molecule has 1 aliphatic carbocycles. The number of aliphatic hydroxyl groups is 1. The van der Waals surface area contributed by atoms with Crippen molar-refractivity contribution in [2.75, 3.05) is 13.1 Å². The van der Waals surface area contributed by atoms with Gasteiger partial charge in [0.25, 0.3) is 0 Å². The molecule has 0 aromatic rings. The fraction of sp³-hybridized carbons (Fsp3) is 1.00. The van der Waals surface area contributed by atoms with Crippen molar-refractivity contribution in [3.63, 3.8) is 0 Å². The minimum atomic E-state index is -0.393. The monoisotopic (exact) mass is 225 g/mol. The molecule has 2 unspecified atom stereocenters. The molecular formula is C14H27NO. The van der Waals surface area contributed by atoms with Crippen molar-refractivity contribution in [3.8, 4) is 0 Å². The lowest BCUT2D eigenvalue weighted by Crippen LogP contribution is -2.68. The minimum Gasteiger partial charge on any atom is -0.387 e. The Balaban J connectivity index is 1.90. The Kier molecular flexibility index (Phi) is 3.60. The standard InChI is InChI=1S/C14H27NO/c1-4-12-7-5-6-8-13(12)15-9-14(16,10-15)11(2)3/h11-13,16H,4-10H2,1-3H3. The summed E-state index contributed by atoms with van der Waals surface area (Å²) in [6.07, 6.45) is 6.86. The molecule has 0 amide bonds. The van der Waals surface area contributed by atoms with Gasteiger partial charge in [0.1, 0.15) is 0 Å². The van der Waals surface area contributed by atoms with Crippen molar-refractivity contribution in [3.05, 3.63) is 0 Å². The van der Waals surface area contributed by atoms with E-state index in [0.717, 1.165) is 25.0 Å². The maximum atomic E-state index is 10.3. The van der Waals surface area contributed by atoms with Crippen molar-refractivity contribution in [2.45, 2.75) is 64.5 Å². The van der Waals surface area contributed by atoms with Crippen molar-refractivity contribution < 1.29 is 5.11 Å². The third kappa shape index (κ3) is 2.14. The van der Waals surface area contributed by atoms with E-state index in [1.54, 1.807) is 0 Å². The van der Waals surface area contributed by atoms with Crippen LogP contribution in [0.2, 0.25) is 0 Å². The molecule has 1 aliphatic heterocycles. The van der Waals surface area contributed by atoms with Crippen LogP contribution in [0.5, 0.6) is 0 Å². The van der Waals surface area contributed by atoms with Gasteiger partial charge in [0.15, 0.2) is 0 Å². The van der Waals surface area contributed by atoms with Crippen LogP contribution in [0.25, 0.3) is 0 Å². The van der Waals surface area contributed by atoms with E-state index in [2.05, 4.69) is 25.7 Å². The van der Waals surface area contributed by atoms with Crippen molar-refractivity contribution in [1.82, 2.24) is 4.90 Å². The summed E-state index contributed by atoms with van der Waals surface area (Å²) in [4.78, 5) is 2.54. The van der Waals surface area contributed by atoms with Crippen LogP contribution in [0, 0.1) is 11.8 Å². The largest absolute Gasteiger partial charge is 0.387 e. The molecule has 1 N–H and O–H groups in total. The number of β-amino-alcohol motifs (C(OH)–C–C–N with tert-alkyl or cyclic N) is 1. The van der Waals surface area contributed by atoms with Crippen LogP contribution < -0.4 is 0 Å². The second kappa shape index (κ2) is 4.66. The molecule has 2 nitrogen and oxygen atoms in total. The molecule has 2 aliphatic rings. The van der Waals surface area contributed by atoms with Crippen LogP contribution in [0.15, 0.2) is 0 Å². The van der Waals surface area contributed by atoms with Gasteiger partial charge in [0.2, 0.25) is 0 Å². The summed E-state index contributed by atoms with van der Waals surface area (Å²) in [6.45, 7) is 8.40. The van der Waals surface area contributed by atoms with Crippen molar-refractivity contribution >= 4 is 0 Å². The Labute approximate surface area is 100 Å². The maximum Gasteiger partial charge on any atom is 0.0923 e. The highest BCUT2D eigenvalue weighted by atomic mass is 16.3. The third-order valence-electron chi connectivity index (χ3n) is 4.89. The summed E-state index contributed by atoms with van der Waals surface area (Å²) >= 11 is 0. The van der Waals surface area contributed by atoms with E-state index in [1.807, 2.05) is 0 Å². The lowest BCUT2D eigenvalue weighted by Gasteiger charge is -2.54. The molecule has 0 aromatic heterocycles. The molecule has 0 radical (unpaired) electrons. The van der Waals surface area contributed by atoms with Gasteiger partial charge in [-0.3, -0.25) is 4.90 Å². The fourth-order valence-corrected chi connectivity index (χ4v) is 3.40. The highest BCUT2D eigenvalue weighted by Crippen LogP contribution is 2.37. The van der Waals surface area contributed by atoms with Crippen LogP contribution in [-0.4, -0.2) is 34.7 Å². The van der Waals surface area contributed by atoms with Crippen molar-refractivity contribution in [2.24, 2.45) is 11.8 Å². The average molecular weight is 225 g/mol. The van der Waals surface area contributed by atoms with E-state index < -0.39 is 5.60 Å². The molecular weight excluding hydrogens is 198 g/mol. The van der Waals surface area contributed by atoms with Gasteiger partial charge in [-0.05, 0) is 24.7 Å². The van der Waals surface area contributed by atoms with E-state index in [0.29, 0.717) is 5.92 Å². The van der Waals surface area contributed by atoms with Gasteiger partial charge in [-0.1, -0.05) is 40.0 Å². The molecule has 1 heterocycles. The Bertz CT molecular complexity index is 233. The molecule has 16 heavy (non-hydrogen) atoms. The first-order valence-electron chi connectivity index (χ1n) is 7.03. The van der Waals surface area contributed by atoms with Gasteiger partial charge < -0.3 is 5.11 Å². The molecule has 2 atom stereocenters. The first-order valence-corrected chi connectivity index (χ1v) is 7.03. The molecule has 0 aromatic carbocycles. The maximum absolute atomic E-state index is 10.3. The summed E-state index contributed by atoms with van der Waals surface area (Å²) in [5.74, 6) is 1.28. The Morgan fingerprint density at radius 3 is 2.44 bits per heavy atom. The third-order valence-corrected chi connectivity index (χ3v) is 4.89. The zero-order valence-electron chi connectivity index (χ0n) is 11.1. The lowest BCUT2D eigenvalue weighted by atomic mass is 9.76.